The number of benzene rings is 1. The van der Waals surface area contributed by atoms with E-state index >= 15 is 0 Å². The fourth-order valence-corrected chi connectivity index (χ4v) is 3.19. The van der Waals surface area contributed by atoms with Crippen molar-refractivity contribution < 1.29 is 4.79 Å². The van der Waals surface area contributed by atoms with Crippen molar-refractivity contribution >= 4 is 5.91 Å². The van der Waals surface area contributed by atoms with Crippen molar-refractivity contribution in [2.24, 2.45) is 17.8 Å². The van der Waals surface area contributed by atoms with E-state index in [1.54, 1.807) is 0 Å². The summed E-state index contributed by atoms with van der Waals surface area (Å²) in [5.74, 6) is 1.87. The van der Waals surface area contributed by atoms with Crippen LogP contribution in [0.3, 0.4) is 0 Å². The quantitative estimate of drug-likeness (QED) is 0.865. The molecule has 0 saturated heterocycles. The zero-order valence-corrected chi connectivity index (χ0v) is 11.0. The van der Waals surface area contributed by atoms with Crippen LogP contribution < -0.4 is 5.32 Å². The Hall–Kier alpha value is -1.31. The van der Waals surface area contributed by atoms with Gasteiger partial charge in [0, 0.05) is 12.5 Å². The maximum absolute atomic E-state index is 11.9. The molecule has 2 atom stereocenters. The van der Waals surface area contributed by atoms with E-state index < -0.39 is 0 Å². The van der Waals surface area contributed by atoms with Crippen LogP contribution in [0.1, 0.15) is 30.9 Å². The van der Waals surface area contributed by atoms with Crippen LogP contribution in [-0.2, 0) is 17.6 Å². The highest BCUT2D eigenvalue weighted by atomic mass is 16.2. The molecular weight excluding hydrogens is 222 g/mol. The molecule has 0 bridgehead atoms. The smallest absolute Gasteiger partial charge is 0.223 e. The molecule has 1 saturated carbocycles. The first-order chi connectivity index (χ1) is 8.78. The molecule has 0 aromatic heterocycles. The highest BCUT2D eigenvalue weighted by Crippen LogP contribution is 2.41. The Kier molecular flexibility index (Phi) is 3.11. The van der Waals surface area contributed by atoms with E-state index in [9.17, 15) is 4.79 Å². The number of amides is 1. The molecule has 1 fully saturated rings. The predicted molar refractivity (Wildman–Crippen MR) is 72.2 cm³/mol. The summed E-state index contributed by atoms with van der Waals surface area (Å²) in [5, 5.41) is 3.15. The largest absolute Gasteiger partial charge is 0.356 e. The third-order valence-electron chi connectivity index (χ3n) is 4.48. The Labute approximate surface area is 109 Å². The van der Waals surface area contributed by atoms with Crippen LogP contribution in [0.4, 0.5) is 0 Å². The Bertz CT molecular complexity index is 429. The molecule has 18 heavy (non-hydrogen) atoms. The number of hydrogen-bond donors (Lipinski definition) is 1. The van der Waals surface area contributed by atoms with Crippen LogP contribution in [0.2, 0.25) is 0 Å². The number of fused-ring (bicyclic) bond motifs is 1. The normalized spacial score (nSPS) is 25.8. The molecule has 0 unspecified atom stereocenters. The summed E-state index contributed by atoms with van der Waals surface area (Å²) in [5.41, 5.74) is 2.93. The van der Waals surface area contributed by atoms with Gasteiger partial charge < -0.3 is 5.32 Å². The Morgan fingerprint density at radius 1 is 1.28 bits per heavy atom. The van der Waals surface area contributed by atoms with Crippen LogP contribution >= 0.6 is 0 Å². The molecule has 2 aliphatic carbocycles. The van der Waals surface area contributed by atoms with Crippen molar-refractivity contribution in [2.45, 2.75) is 32.6 Å². The van der Waals surface area contributed by atoms with Gasteiger partial charge in [0.15, 0.2) is 0 Å². The molecule has 0 aliphatic heterocycles. The molecule has 0 heterocycles. The molecule has 1 amide bonds. The van der Waals surface area contributed by atoms with E-state index in [0.717, 1.165) is 32.2 Å². The molecular formula is C16H21NO. The lowest BCUT2D eigenvalue weighted by molar-refractivity contribution is -0.122. The summed E-state index contributed by atoms with van der Waals surface area (Å²) < 4.78 is 0. The summed E-state index contributed by atoms with van der Waals surface area (Å²) in [4.78, 5) is 11.9. The number of hydrogen-bond acceptors (Lipinski definition) is 1. The minimum absolute atomic E-state index is 0.290. The van der Waals surface area contributed by atoms with Crippen LogP contribution in [0.15, 0.2) is 24.3 Å². The van der Waals surface area contributed by atoms with Gasteiger partial charge in [0.25, 0.3) is 0 Å². The number of carbonyl (C=O) groups excluding carboxylic acids is 1. The van der Waals surface area contributed by atoms with Crippen LogP contribution in [-0.4, -0.2) is 12.5 Å². The molecule has 3 rings (SSSR count). The lowest BCUT2D eigenvalue weighted by atomic mass is 10.1. The SMILES string of the molecule is CC[C@H]1C[C@@H]1C(=O)NCC1Cc2ccccc2C1. The van der Waals surface area contributed by atoms with Gasteiger partial charge in [-0.3, -0.25) is 4.79 Å². The van der Waals surface area contributed by atoms with Crippen molar-refractivity contribution in [1.82, 2.24) is 5.32 Å². The molecule has 1 N–H and O–H groups in total. The van der Waals surface area contributed by atoms with E-state index in [1.165, 1.54) is 11.1 Å². The summed E-state index contributed by atoms with van der Waals surface area (Å²) in [7, 11) is 0. The number of carbonyl (C=O) groups is 1. The maximum Gasteiger partial charge on any atom is 0.223 e. The van der Waals surface area contributed by atoms with Gasteiger partial charge in [0.2, 0.25) is 5.91 Å². The molecule has 1 aromatic rings. The fraction of sp³-hybridized carbons (Fsp3) is 0.562. The number of nitrogens with one attached hydrogen (secondary N) is 1. The second-order valence-corrected chi connectivity index (χ2v) is 5.80. The molecule has 0 radical (unpaired) electrons. The highest BCUT2D eigenvalue weighted by molar-refractivity contribution is 5.81. The summed E-state index contributed by atoms with van der Waals surface area (Å²) in [6, 6.07) is 8.64. The third kappa shape index (κ3) is 2.29. The standard InChI is InChI=1S/C16H21NO/c1-2-12-9-15(12)16(18)17-10-11-7-13-5-3-4-6-14(13)8-11/h3-6,11-12,15H,2,7-10H2,1H3,(H,17,18)/t12-,15-/m0/s1. The summed E-state index contributed by atoms with van der Waals surface area (Å²) in [6.45, 7) is 3.02. The van der Waals surface area contributed by atoms with Crippen molar-refractivity contribution in [2.75, 3.05) is 6.54 Å². The first-order valence-electron chi connectivity index (χ1n) is 7.12. The minimum atomic E-state index is 0.290. The van der Waals surface area contributed by atoms with Gasteiger partial charge in [-0.15, -0.1) is 0 Å². The van der Waals surface area contributed by atoms with E-state index in [1.807, 2.05) is 0 Å². The van der Waals surface area contributed by atoms with E-state index in [2.05, 4.69) is 36.5 Å². The van der Waals surface area contributed by atoms with Gasteiger partial charge in [-0.05, 0) is 42.2 Å². The van der Waals surface area contributed by atoms with Gasteiger partial charge in [-0.25, -0.2) is 0 Å². The molecule has 1 aromatic carbocycles. The predicted octanol–water partition coefficient (Wildman–Crippen LogP) is 2.56. The van der Waals surface area contributed by atoms with Crippen molar-refractivity contribution in [3.8, 4) is 0 Å². The topological polar surface area (TPSA) is 29.1 Å². The average Bonchev–Trinajstić information content (AvgIpc) is 3.07. The minimum Gasteiger partial charge on any atom is -0.356 e. The summed E-state index contributed by atoms with van der Waals surface area (Å²) in [6.07, 6.45) is 4.50. The third-order valence-corrected chi connectivity index (χ3v) is 4.48. The molecule has 0 spiro atoms. The molecule has 2 heteroatoms. The zero-order valence-electron chi connectivity index (χ0n) is 11.0. The van der Waals surface area contributed by atoms with Crippen molar-refractivity contribution in [3.05, 3.63) is 35.4 Å². The van der Waals surface area contributed by atoms with Gasteiger partial charge in [0.05, 0.1) is 0 Å². The maximum atomic E-state index is 11.9. The van der Waals surface area contributed by atoms with Crippen LogP contribution in [0.5, 0.6) is 0 Å². The molecule has 2 nitrogen and oxygen atoms in total. The number of rotatable bonds is 4. The van der Waals surface area contributed by atoms with E-state index in [-0.39, 0.29) is 5.91 Å². The monoisotopic (exact) mass is 243 g/mol. The Balaban J connectivity index is 1.47. The highest BCUT2D eigenvalue weighted by Gasteiger charge is 2.41. The van der Waals surface area contributed by atoms with Gasteiger partial charge >= 0.3 is 0 Å². The van der Waals surface area contributed by atoms with Crippen molar-refractivity contribution in [1.29, 1.82) is 0 Å². The Morgan fingerprint density at radius 2 is 1.94 bits per heavy atom. The molecule has 2 aliphatic rings. The second-order valence-electron chi connectivity index (χ2n) is 5.80. The first kappa shape index (κ1) is 11.8. The second kappa shape index (κ2) is 4.75. The van der Waals surface area contributed by atoms with Crippen LogP contribution in [0.25, 0.3) is 0 Å². The lowest BCUT2D eigenvalue weighted by Gasteiger charge is -2.10. The van der Waals surface area contributed by atoms with Gasteiger partial charge in [-0.1, -0.05) is 37.6 Å². The van der Waals surface area contributed by atoms with Crippen molar-refractivity contribution in [3.63, 3.8) is 0 Å². The van der Waals surface area contributed by atoms with E-state index in [0.29, 0.717) is 17.8 Å². The lowest BCUT2D eigenvalue weighted by Crippen LogP contribution is -2.31. The van der Waals surface area contributed by atoms with Gasteiger partial charge in [0.1, 0.15) is 0 Å². The first-order valence-corrected chi connectivity index (χ1v) is 7.12. The Morgan fingerprint density at radius 3 is 2.50 bits per heavy atom. The van der Waals surface area contributed by atoms with Gasteiger partial charge in [-0.2, -0.15) is 0 Å². The zero-order chi connectivity index (χ0) is 12.5. The average molecular weight is 243 g/mol. The summed E-state index contributed by atoms with van der Waals surface area (Å²) >= 11 is 0. The molecule has 96 valence electrons. The van der Waals surface area contributed by atoms with E-state index in [4.69, 9.17) is 0 Å². The van der Waals surface area contributed by atoms with Crippen LogP contribution in [0, 0.1) is 17.8 Å². The fourth-order valence-electron chi connectivity index (χ4n) is 3.19.